The van der Waals surface area contributed by atoms with Gasteiger partial charge in [0.15, 0.2) is 0 Å². The maximum absolute atomic E-state index is 11.1. The zero-order chi connectivity index (χ0) is 12.7. The number of benzene rings is 1. The van der Waals surface area contributed by atoms with Gasteiger partial charge in [0.2, 0.25) is 5.91 Å². The molecular weight excluding hydrogens is 216 g/mol. The van der Waals surface area contributed by atoms with Crippen LogP contribution in [-0.4, -0.2) is 26.6 Å². The fourth-order valence-electron chi connectivity index (χ4n) is 1.66. The summed E-state index contributed by atoms with van der Waals surface area (Å²) in [5.41, 5.74) is 1.10. The van der Waals surface area contributed by atoms with Gasteiger partial charge in [-0.05, 0) is 13.0 Å². The monoisotopic (exact) mass is 236 g/mol. The Hall–Kier alpha value is -1.55. The van der Waals surface area contributed by atoms with E-state index in [0.29, 0.717) is 13.0 Å². The van der Waals surface area contributed by atoms with Gasteiger partial charge >= 0.3 is 0 Å². The van der Waals surface area contributed by atoms with Crippen LogP contribution in [0.25, 0.3) is 0 Å². The van der Waals surface area contributed by atoms with Gasteiger partial charge in [-0.1, -0.05) is 18.2 Å². The molecule has 94 valence electrons. The molecule has 1 rings (SSSR count). The number of para-hydroxylation sites is 1. The molecule has 0 saturated carbocycles. The van der Waals surface area contributed by atoms with Crippen LogP contribution in [0.4, 0.5) is 0 Å². The van der Waals surface area contributed by atoms with Crippen LogP contribution in [0, 0.1) is 0 Å². The number of amides is 1. The number of hydrogen-bond acceptors (Lipinski definition) is 3. The van der Waals surface area contributed by atoms with Gasteiger partial charge in [-0.2, -0.15) is 0 Å². The molecule has 17 heavy (non-hydrogen) atoms. The third kappa shape index (κ3) is 4.07. The van der Waals surface area contributed by atoms with Crippen LogP contribution >= 0.6 is 0 Å². The summed E-state index contributed by atoms with van der Waals surface area (Å²) < 4.78 is 5.30. The fraction of sp³-hybridized carbons (Fsp3) is 0.462. The van der Waals surface area contributed by atoms with Crippen LogP contribution in [0.15, 0.2) is 24.3 Å². The molecule has 0 aliphatic carbocycles. The van der Waals surface area contributed by atoms with Crippen LogP contribution in [0.1, 0.15) is 24.9 Å². The van der Waals surface area contributed by atoms with Gasteiger partial charge in [0.1, 0.15) is 5.75 Å². The zero-order valence-corrected chi connectivity index (χ0v) is 10.6. The Balaban J connectivity index is 2.51. The summed E-state index contributed by atoms with van der Waals surface area (Å²) >= 11 is 0. The van der Waals surface area contributed by atoms with Crippen LogP contribution in [0.5, 0.6) is 5.75 Å². The van der Waals surface area contributed by atoms with Crippen molar-refractivity contribution < 1.29 is 9.53 Å². The Kier molecular flexibility index (Phi) is 5.49. The van der Waals surface area contributed by atoms with E-state index < -0.39 is 0 Å². The molecule has 0 aliphatic heterocycles. The second-order valence-electron chi connectivity index (χ2n) is 3.84. The highest BCUT2D eigenvalue weighted by Gasteiger charge is 2.10. The van der Waals surface area contributed by atoms with Gasteiger partial charge < -0.3 is 15.4 Å². The molecule has 0 fully saturated rings. The summed E-state index contributed by atoms with van der Waals surface area (Å²) in [6.45, 7) is 2.71. The Morgan fingerprint density at radius 1 is 1.41 bits per heavy atom. The SMILES string of the molecule is CNC(=O)CCN[C@H](C)c1ccccc1OC. The highest BCUT2D eigenvalue weighted by molar-refractivity contribution is 5.75. The molecular formula is C13H20N2O2. The van der Waals surface area contributed by atoms with E-state index in [4.69, 9.17) is 4.74 Å². The Labute approximate surface area is 102 Å². The highest BCUT2D eigenvalue weighted by Crippen LogP contribution is 2.23. The van der Waals surface area contributed by atoms with Gasteiger partial charge in [0, 0.05) is 31.6 Å². The lowest BCUT2D eigenvalue weighted by molar-refractivity contribution is -0.120. The molecule has 1 atom stereocenters. The number of ether oxygens (including phenoxy) is 1. The Bertz CT molecular complexity index is 366. The molecule has 1 amide bonds. The second kappa shape index (κ2) is 6.91. The third-order valence-electron chi connectivity index (χ3n) is 2.69. The molecule has 0 unspecified atom stereocenters. The minimum Gasteiger partial charge on any atom is -0.496 e. The normalized spacial score (nSPS) is 11.9. The molecule has 0 radical (unpaired) electrons. The Morgan fingerprint density at radius 2 is 2.12 bits per heavy atom. The van der Waals surface area contributed by atoms with Gasteiger partial charge in [-0.3, -0.25) is 4.79 Å². The smallest absolute Gasteiger partial charge is 0.221 e. The first-order valence-corrected chi connectivity index (χ1v) is 5.76. The van der Waals surface area contributed by atoms with Crippen molar-refractivity contribution in [3.8, 4) is 5.75 Å². The second-order valence-corrected chi connectivity index (χ2v) is 3.84. The summed E-state index contributed by atoms with van der Waals surface area (Å²) in [5, 5.41) is 5.90. The molecule has 4 nitrogen and oxygen atoms in total. The van der Waals surface area contributed by atoms with Crippen molar-refractivity contribution in [1.82, 2.24) is 10.6 Å². The van der Waals surface area contributed by atoms with E-state index in [2.05, 4.69) is 17.6 Å². The lowest BCUT2D eigenvalue weighted by Crippen LogP contribution is -2.26. The summed E-state index contributed by atoms with van der Waals surface area (Å²) in [7, 11) is 3.31. The van der Waals surface area contributed by atoms with Gasteiger partial charge in [-0.25, -0.2) is 0 Å². The highest BCUT2D eigenvalue weighted by atomic mass is 16.5. The molecule has 0 saturated heterocycles. The van der Waals surface area contributed by atoms with Crippen LogP contribution in [0.3, 0.4) is 0 Å². The first-order valence-electron chi connectivity index (χ1n) is 5.76. The zero-order valence-electron chi connectivity index (χ0n) is 10.6. The third-order valence-corrected chi connectivity index (χ3v) is 2.69. The number of hydrogen-bond donors (Lipinski definition) is 2. The molecule has 0 heterocycles. The average Bonchev–Trinajstić information content (AvgIpc) is 2.38. The van der Waals surface area contributed by atoms with Crippen LogP contribution in [-0.2, 0) is 4.79 Å². The fourth-order valence-corrected chi connectivity index (χ4v) is 1.66. The maximum atomic E-state index is 11.1. The average molecular weight is 236 g/mol. The molecule has 4 heteroatoms. The predicted molar refractivity (Wildman–Crippen MR) is 68.1 cm³/mol. The number of methoxy groups -OCH3 is 1. The number of carbonyl (C=O) groups is 1. The van der Waals surface area contributed by atoms with E-state index in [-0.39, 0.29) is 11.9 Å². The standard InChI is InChI=1S/C13H20N2O2/c1-10(15-9-8-13(16)14-2)11-6-4-5-7-12(11)17-3/h4-7,10,15H,8-9H2,1-3H3,(H,14,16)/t10-/m1/s1. The van der Waals surface area contributed by atoms with Crippen molar-refractivity contribution >= 4 is 5.91 Å². The minimum absolute atomic E-state index is 0.0460. The summed E-state index contributed by atoms with van der Waals surface area (Å²) in [5.74, 6) is 0.914. The van der Waals surface area contributed by atoms with E-state index in [1.807, 2.05) is 24.3 Å². The van der Waals surface area contributed by atoms with E-state index in [0.717, 1.165) is 11.3 Å². The van der Waals surface area contributed by atoms with E-state index in [1.165, 1.54) is 0 Å². The van der Waals surface area contributed by atoms with Crippen LogP contribution < -0.4 is 15.4 Å². The van der Waals surface area contributed by atoms with E-state index in [9.17, 15) is 4.79 Å². The lowest BCUT2D eigenvalue weighted by atomic mass is 10.1. The van der Waals surface area contributed by atoms with Gasteiger partial charge in [-0.15, -0.1) is 0 Å². The summed E-state index contributed by atoms with van der Waals surface area (Å²) in [6.07, 6.45) is 0.482. The first-order chi connectivity index (χ1) is 8.19. The van der Waals surface area contributed by atoms with Gasteiger partial charge in [0.05, 0.1) is 7.11 Å². The molecule has 0 spiro atoms. The number of carbonyl (C=O) groups excluding carboxylic acids is 1. The van der Waals surface area contributed by atoms with Crippen molar-refractivity contribution in [3.63, 3.8) is 0 Å². The lowest BCUT2D eigenvalue weighted by Gasteiger charge is -2.16. The predicted octanol–water partition coefficient (Wildman–Crippen LogP) is 1.48. The van der Waals surface area contributed by atoms with E-state index in [1.54, 1.807) is 14.2 Å². The quantitative estimate of drug-likeness (QED) is 0.786. The van der Waals surface area contributed by atoms with Crippen LogP contribution in [0.2, 0.25) is 0 Å². The molecule has 0 aliphatic rings. The van der Waals surface area contributed by atoms with Crippen molar-refractivity contribution in [3.05, 3.63) is 29.8 Å². The molecule has 1 aromatic carbocycles. The van der Waals surface area contributed by atoms with E-state index >= 15 is 0 Å². The summed E-state index contributed by atoms with van der Waals surface area (Å²) in [6, 6.07) is 8.05. The van der Waals surface area contributed by atoms with Crippen molar-refractivity contribution in [1.29, 1.82) is 0 Å². The topological polar surface area (TPSA) is 50.4 Å². The molecule has 2 N–H and O–H groups in total. The largest absolute Gasteiger partial charge is 0.496 e. The summed E-state index contributed by atoms with van der Waals surface area (Å²) in [4.78, 5) is 11.1. The molecule has 1 aromatic rings. The van der Waals surface area contributed by atoms with Crippen molar-refractivity contribution in [2.45, 2.75) is 19.4 Å². The van der Waals surface area contributed by atoms with Crippen molar-refractivity contribution in [2.24, 2.45) is 0 Å². The number of nitrogens with one attached hydrogen (secondary N) is 2. The Morgan fingerprint density at radius 3 is 2.76 bits per heavy atom. The molecule has 0 bridgehead atoms. The maximum Gasteiger partial charge on any atom is 0.221 e. The van der Waals surface area contributed by atoms with Crippen molar-refractivity contribution in [2.75, 3.05) is 20.7 Å². The first kappa shape index (κ1) is 13.5. The minimum atomic E-state index is 0.0460. The molecule has 0 aromatic heterocycles. The van der Waals surface area contributed by atoms with Gasteiger partial charge in [0.25, 0.3) is 0 Å². The number of rotatable bonds is 6.